The maximum absolute atomic E-state index is 5.95. The Balaban J connectivity index is 2.14. The van der Waals surface area contributed by atoms with E-state index in [1.54, 1.807) is 0 Å². The van der Waals surface area contributed by atoms with E-state index >= 15 is 0 Å². The first-order chi connectivity index (χ1) is 9.67. The lowest BCUT2D eigenvalue weighted by molar-refractivity contribution is 0.290. The zero-order valence-corrected chi connectivity index (χ0v) is 14.0. The number of aromatic nitrogens is 2. The summed E-state index contributed by atoms with van der Waals surface area (Å²) in [7, 11) is 0. The molecule has 0 spiro atoms. The average Bonchev–Trinajstić information content (AvgIpc) is 2.88. The molecular formula is C15H18BrClN2O. The number of alkyl halides is 1. The summed E-state index contributed by atoms with van der Waals surface area (Å²) in [6.45, 7) is 5.54. The number of aryl methyl sites for hydroxylation is 2. The van der Waals surface area contributed by atoms with E-state index in [1.165, 1.54) is 0 Å². The van der Waals surface area contributed by atoms with Crippen molar-refractivity contribution in [3.05, 3.63) is 45.7 Å². The van der Waals surface area contributed by atoms with Crippen LogP contribution in [-0.4, -0.2) is 9.78 Å². The first-order valence-electron chi connectivity index (χ1n) is 6.70. The summed E-state index contributed by atoms with van der Waals surface area (Å²) < 4.78 is 8.89. The normalized spacial score (nSPS) is 10.8. The van der Waals surface area contributed by atoms with Crippen molar-refractivity contribution in [2.75, 3.05) is 0 Å². The lowest BCUT2D eigenvalue weighted by Gasteiger charge is -2.11. The molecule has 2 rings (SSSR count). The van der Waals surface area contributed by atoms with Crippen LogP contribution in [0, 0.1) is 0 Å². The molecule has 0 radical (unpaired) electrons. The second kappa shape index (κ2) is 7.14. The molecule has 1 heterocycles. The fourth-order valence-corrected chi connectivity index (χ4v) is 2.64. The van der Waals surface area contributed by atoms with Crippen LogP contribution in [0.1, 0.15) is 30.8 Å². The highest BCUT2D eigenvalue weighted by atomic mass is 79.9. The van der Waals surface area contributed by atoms with Crippen molar-refractivity contribution in [2.24, 2.45) is 0 Å². The fraction of sp³-hybridized carbons (Fsp3) is 0.400. The zero-order chi connectivity index (χ0) is 14.5. The molecule has 1 aromatic heterocycles. The summed E-state index contributed by atoms with van der Waals surface area (Å²) >= 11 is 9.39. The molecule has 0 unspecified atom stereocenters. The Morgan fingerprint density at radius 2 is 2.10 bits per heavy atom. The van der Waals surface area contributed by atoms with Gasteiger partial charge in [0.2, 0.25) is 0 Å². The molecule has 0 aliphatic heterocycles. The molecule has 2 aromatic rings. The summed E-state index contributed by atoms with van der Waals surface area (Å²) in [5.41, 5.74) is 3.17. The molecule has 0 fully saturated rings. The molecule has 20 heavy (non-hydrogen) atoms. The number of ether oxygens (including phenoxy) is 1. The number of rotatable bonds is 6. The Hall–Kier alpha value is -1.00. The molecule has 0 N–H and O–H groups in total. The Bertz CT molecular complexity index is 583. The van der Waals surface area contributed by atoms with E-state index in [4.69, 9.17) is 16.3 Å². The van der Waals surface area contributed by atoms with Crippen LogP contribution >= 0.6 is 27.5 Å². The van der Waals surface area contributed by atoms with Crippen LogP contribution in [0.25, 0.3) is 0 Å². The van der Waals surface area contributed by atoms with Crippen molar-refractivity contribution >= 4 is 27.5 Å². The van der Waals surface area contributed by atoms with Gasteiger partial charge < -0.3 is 4.74 Å². The van der Waals surface area contributed by atoms with Gasteiger partial charge in [-0.1, -0.05) is 22.9 Å². The van der Waals surface area contributed by atoms with Crippen LogP contribution in [0.5, 0.6) is 5.75 Å². The first-order valence-corrected chi connectivity index (χ1v) is 8.03. The molecule has 3 nitrogen and oxygen atoms in total. The van der Waals surface area contributed by atoms with Gasteiger partial charge in [0.15, 0.2) is 0 Å². The van der Waals surface area contributed by atoms with E-state index in [2.05, 4.69) is 40.9 Å². The molecule has 0 saturated carbocycles. The van der Waals surface area contributed by atoms with Gasteiger partial charge >= 0.3 is 0 Å². The number of halogens is 2. The number of hydrogen-bond donors (Lipinski definition) is 0. The Morgan fingerprint density at radius 3 is 2.75 bits per heavy atom. The molecule has 0 amide bonds. The molecule has 108 valence electrons. The minimum atomic E-state index is 0.433. The summed E-state index contributed by atoms with van der Waals surface area (Å²) in [5, 5.41) is 4.52. The van der Waals surface area contributed by atoms with E-state index in [-0.39, 0.29) is 0 Å². The van der Waals surface area contributed by atoms with Crippen molar-refractivity contribution in [3.8, 4) is 5.75 Å². The van der Waals surface area contributed by atoms with Crippen LogP contribution < -0.4 is 4.74 Å². The van der Waals surface area contributed by atoms with Gasteiger partial charge in [-0.15, -0.1) is 11.6 Å². The molecule has 1 aromatic carbocycles. The molecule has 0 aliphatic carbocycles. The summed E-state index contributed by atoms with van der Waals surface area (Å²) in [4.78, 5) is 0. The topological polar surface area (TPSA) is 27.1 Å². The van der Waals surface area contributed by atoms with Crippen molar-refractivity contribution in [1.82, 2.24) is 9.78 Å². The highest BCUT2D eigenvalue weighted by Crippen LogP contribution is 2.25. The quantitative estimate of drug-likeness (QED) is 0.709. The first kappa shape index (κ1) is 15.4. The second-order valence-corrected chi connectivity index (χ2v) is 5.65. The third-order valence-electron chi connectivity index (χ3n) is 3.12. The van der Waals surface area contributed by atoms with Gasteiger partial charge in [0.1, 0.15) is 12.4 Å². The lowest BCUT2D eigenvalue weighted by Crippen LogP contribution is -2.06. The Kier molecular flexibility index (Phi) is 5.49. The van der Waals surface area contributed by atoms with Gasteiger partial charge in [-0.3, -0.25) is 4.68 Å². The van der Waals surface area contributed by atoms with E-state index in [9.17, 15) is 0 Å². The van der Waals surface area contributed by atoms with Gasteiger partial charge in [0.05, 0.1) is 17.3 Å². The van der Waals surface area contributed by atoms with Gasteiger partial charge in [0.25, 0.3) is 0 Å². The Morgan fingerprint density at radius 1 is 1.30 bits per heavy atom. The van der Waals surface area contributed by atoms with Gasteiger partial charge in [-0.25, -0.2) is 0 Å². The van der Waals surface area contributed by atoms with Crippen molar-refractivity contribution in [1.29, 1.82) is 0 Å². The van der Waals surface area contributed by atoms with Crippen LogP contribution in [0.3, 0.4) is 0 Å². The fourth-order valence-electron chi connectivity index (χ4n) is 2.02. The SMILES string of the molecule is CCc1cc(COc2ccc(Br)cc2CCl)n(CC)n1. The van der Waals surface area contributed by atoms with Crippen molar-refractivity contribution in [2.45, 2.75) is 39.3 Å². The number of benzene rings is 1. The van der Waals surface area contributed by atoms with Gasteiger partial charge in [0, 0.05) is 16.6 Å². The molecule has 5 heteroatoms. The molecular weight excluding hydrogens is 340 g/mol. The standard InChI is InChI=1S/C15H18BrClN2O/c1-3-13-8-14(19(4-2)18-13)10-20-15-6-5-12(16)7-11(15)9-17/h5-8H,3-4,9-10H2,1-2H3. The minimum absolute atomic E-state index is 0.433. The maximum Gasteiger partial charge on any atom is 0.130 e. The number of hydrogen-bond acceptors (Lipinski definition) is 2. The van der Waals surface area contributed by atoms with E-state index in [0.717, 1.165) is 40.1 Å². The summed E-state index contributed by atoms with van der Waals surface area (Å²) in [6, 6.07) is 7.98. The smallest absolute Gasteiger partial charge is 0.130 e. The molecule has 0 atom stereocenters. The summed E-state index contributed by atoms with van der Waals surface area (Å²) in [6.07, 6.45) is 0.936. The predicted molar refractivity (Wildman–Crippen MR) is 85.3 cm³/mol. The molecule has 0 aliphatic rings. The lowest BCUT2D eigenvalue weighted by atomic mass is 10.2. The van der Waals surface area contributed by atoms with Gasteiger partial charge in [-0.2, -0.15) is 5.10 Å². The van der Waals surface area contributed by atoms with Crippen molar-refractivity contribution < 1.29 is 4.74 Å². The maximum atomic E-state index is 5.95. The van der Waals surface area contributed by atoms with E-state index in [1.807, 2.05) is 22.9 Å². The van der Waals surface area contributed by atoms with E-state index < -0.39 is 0 Å². The third-order valence-corrected chi connectivity index (χ3v) is 3.90. The predicted octanol–water partition coefficient (Wildman–Crippen LogP) is 4.55. The summed E-state index contributed by atoms with van der Waals surface area (Å²) in [5.74, 6) is 1.26. The van der Waals surface area contributed by atoms with E-state index in [0.29, 0.717) is 12.5 Å². The molecule has 0 bridgehead atoms. The van der Waals surface area contributed by atoms with Crippen LogP contribution in [0.4, 0.5) is 0 Å². The van der Waals surface area contributed by atoms with Crippen LogP contribution in [0.15, 0.2) is 28.7 Å². The van der Waals surface area contributed by atoms with Crippen LogP contribution in [0.2, 0.25) is 0 Å². The zero-order valence-electron chi connectivity index (χ0n) is 11.7. The van der Waals surface area contributed by atoms with Gasteiger partial charge in [-0.05, 0) is 37.6 Å². The second-order valence-electron chi connectivity index (χ2n) is 4.47. The highest BCUT2D eigenvalue weighted by molar-refractivity contribution is 9.10. The minimum Gasteiger partial charge on any atom is -0.487 e. The Labute approximate surface area is 133 Å². The third kappa shape index (κ3) is 3.55. The van der Waals surface area contributed by atoms with Crippen molar-refractivity contribution in [3.63, 3.8) is 0 Å². The highest BCUT2D eigenvalue weighted by Gasteiger charge is 2.08. The average molecular weight is 358 g/mol. The molecule has 0 saturated heterocycles. The monoisotopic (exact) mass is 356 g/mol. The largest absolute Gasteiger partial charge is 0.487 e. The number of nitrogens with zero attached hydrogens (tertiary/aromatic N) is 2. The van der Waals surface area contributed by atoms with Crippen LogP contribution in [-0.2, 0) is 25.5 Å².